The first kappa shape index (κ1) is 21.5. The van der Waals surface area contributed by atoms with Crippen molar-refractivity contribution in [1.82, 2.24) is 4.90 Å². The number of nitrogens with zero attached hydrogens (tertiary/aromatic N) is 1. The van der Waals surface area contributed by atoms with Crippen LogP contribution in [-0.4, -0.2) is 54.2 Å². The van der Waals surface area contributed by atoms with Gasteiger partial charge < -0.3 is 24.2 Å². The number of fused-ring (bicyclic) bond motifs is 1. The molecule has 7 heteroatoms. The van der Waals surface area contributed by atoms with E-state index in [2.05, 4.69) is 0 Å². The van der Waals surface area contributed by atoms with Gasteiger partial charge in [0.2, 0.25) is 0 Å². The summed E-state index contributed by atoms with van der Waals surface area (Å²) in [4.78, 5) is 27.8. The Morgan fingerprint density at radius 2 is 1.97 bits per heavy atom. The number of likely N-dealkylation sites (tertiary alicyclic amines) is 1. The van der Waals surface area contributed by atoms with Gasteiger partial charge in [0.25, 0.3) is 11.7 Å². The quantitative estimate of drug-likeness (QED) is 0.412. The minimum atomic E-state index is -0.700. The van der Waals surface area contributed by atoms with Crippen molar-refractivity contribution in [3.05, 3.63) is 64.7 Å². The van der Waals surface area contributed by atoms with Gasteiger partial charge in [-0.05, 0) is 61.2 Å². The van der Waals surface area contributed by atoms with Gasteiger partial charge in [-0.1, -0.05) is 12.1 Å². The number of aliphatic hydroxyl groups is 1. The fourth-order valence-corrected chi connectivity index (χ4v) is 4.82. The highest BCUT2D eigenvalue weighted by atomic mass is 16.5. The Morgan fingerprint density at radius 1 is 1.15 bits per heavy atom. The van der Waals surface area contributed by atoms with Gasteiger partial charge in [-0.15, -0.1) is 0 Å². The van der Waals surface area contributed by atoms with Crippen molar-refractivity contribution in [2.45, 2.75) is 38.3 Å². The largest absolute Gasteiger partial charge is 0.507 e. The molecule has 0 radical (unpaired) electrons. The second-order valence-electron chi connectivity index (χ2n) is 8.51. The highest BCUT2D eigenvalue weighted by Crippen LogP contribution is 2.41. The van der Waals surface area contributed by atoms with E-state index in [1.807, 2.05) is 37.3 Å². The summed E-state index contributed by atoms with van der Waals surface area (Å²) in [7, 11) is 0. The molecular formula is C26H27NO6. The van der Waals surface area contributed by atoms with Crippen LogP contribution in [0.15, 0.2) is 48.0 Å². The zero-order valence-corrected chi connectivity index (χ0v) is 18.6. The lowest BCUT2D eigenvalue weighted by Crippen LogP contribution is -2.36. The van der Waals surface area contributed by atoms with Crippen LogP contribution in [0.2, 0.25) is 0 Å². The van der Waals surface area contributed by atoms with Gasteiger partial charge in [0.05, 0.1) is 30.9 Å². The second kappa shape index (κ2) is 8.90. The molecule has 33 heavy (non-hydrogen) atoms. The lowest BCUT2D eigenvalue weighted by atomic mass is 9.94. The van der Waals surface area contributed by atoms with E-state index in [0.717, 1.165) is 36.1 Å². The number of hydrogen-bond donors (Lipinski definition) is 1. The van der Waals surface area contributed by atoms with Crippen LogP contribution in [0.4, 0.5) is 0 Å². The molecule has 2 aromatic carbocycles. The summed E-state index contributed by atoms with van der Waals surface area (Å²) in [6, 6.07) is 12.0. The van der Waals surface area contributed by atoms with Crippen molar-refractivity contribution in [3.8, 4) is 11.5 Å². The first-order valence-corrected chi connectivity index (χ1v) is 11.5. The molecule has 3 aliphatic rings. The molecule has 1 amide bonds. The number of ether oxygens (including phenoxy) is 3. The van der Waals surface area contributed by atoms with Crippen LogP contribution >= 0.6 is 0 Å². The summed E-state index contributed by atoms with van der Waals surface area (Å²) in [5.74, 6) is 0.0257. The van der Waals surface area contributed by atoms with Gasteiger partial charge in [-0.2, -0.15) is 0 Å². The Labute approximate surface area is 192 Å². The Morgan fingerprint density at radius 3 is 2.70 bits per heavy atom. The van der Waals surface area contributed by atoms with Crippen LogP contribution < -0.4 is 9.47 Å². The summed E-state index contributed by atoms with van der Waals surface area (Å²) < 4.78 is 16.8. The molecule has 2 atom stereocenters. The minimum Gasteiger partial charge on any atom is -0.507 e. The predicted molar refractivity (Wildman–Crippen MR) is 121 cm³/mol. The molecule has 7 nitrogen and oxygen atoms in total. The molecule has 0 saturated carbocycles. The highest BCUT2D eigenvalue weighted by molar-refractivity contribution is 6.46. The zero-order chi connectivity index (χ0) is 22.9. The number of carbonyl (C=O) groups is 2. The summed E-state index contributed by atoms with van der Waals surface area (Å²) in [5, 5.41) is 11.3. The SMILES string of the molecule is CCOc1ccc(C2/C(=C(/O)c3ccc4c(c3)CCO4)C(=O)C(=O)N2CC2CCCO2)cc1. The lowest BCUT2D eigenvalue weighted by Gasteiger charge is -2.27. The molecule has 3 aliphatic heterocycles. The summed E-state index contributed by atoms with van der Waals surface area (Å²) in [5.41, 5.74) is 2.32. The molecular weight excluding hydrogens is 422 g/mol. The van der Waals surface area contributed by atoms with E-state index in [-0.39, 0.29) is 17.4 Å². The first-order chi connectivity index (χ1) is 16.1. The number of aliphatic hydroxyl groups excluding tert-OH is 1. The standard InChI is InChI=1S/C26H27NO6/c1-2-31-19-8-5-16(6-9-19)23-22(24(28)18-7-10-21-17(14-18)11-13-33-21)25(29)26(30)27(23)15-20-4-3-12-32-20/h5-10,14,20,23,28H,2-4,11-13,15H2,1H3/b24-22-. The number of ketones is 1. The van der Waals surface area contributed by atoms with E-state index in [1.54, 1.807) is 12.1 Å². The van der Waals surface area contributed by atoms with E-state index in [0.29, 0.717) is 37.7 Å². The smallest absolute Gasteiger partial charge is 0.295 e. The molecule has 3 heterocycles. The maximum Gasteiger partial charge on any atom is 0.295 e. The summed E-state index contributed by atoms with van der Waals surface area (Å²) in [6.07, 6.45) is 2.39. The molecule has 5 rings (SSSR count). The highest BCUT2D eigenvalue weighted by Gasteiger charge is 2.47. The molecule has 172 valence electrons. The van der Waals surface area contributed by atoms with Gasteiger partial charge in [0, 0.05) is 25.1 Å². The third kappa shape index (κ3) is 3.97. The maximum atomic E-state index is 13.2. The van der Waals surface area contributed by atoms with Crippen molar-refractivity contribution >= 4 is 17.4 Å². The number of hydrogen-bond acceptors (Lipinski definition) is 6. The molecule has 0 aliphatic carbocycles. The van der Waals surface area contributed by atoms with Gasteiger partial charge >= 0.3 is 0 Å². The van der Waals surface area contributed by atoms with Crippen molar-refractivity contribution in [2.75, 3.05) is 26.4 Å². The van der Waals surface area contributed by atoms with Crippen molar-refractivity contribution < 1.29 is 28.9 Å². The number of amides is 1. The van der Waals surface area contributed by atoms with Crippen LogP contribution in [0.3, 0.4) is 0 Å². The Balaban J connectivity index is 1.58. The van der Waals surface area contributed by atoms with E-state index < -0.39 is 17.7 Å². The van der Waals surface area contributed by atoms with Crippen LogP contribution in [-0.2, 0) is 20.7 Å². The molecule has 0 spiro atoms. The average molecular weight is 450 g/mol. The Kier molecular flexibility index (Phi) is 5.81. The fourth-order valence-electron chi connectivity index (χ4n) is 4.82. The normalized spacial score (nSPS) is 23.6. The van der Waals surface area contributed by atoms with Gasteiger partial charge in [0.1, 0.15) is 17.3 Å². The van der Waals surface area contributed by atoms with E-state index in [9.17, 15) is 14.7 Å². The molecule has 2 fully saturated rings. The van der Waals surface area contributed by atoms with Crippen molar-refractivity contribution in [1.29, 1.82) is 0 Å². The minimum absolute atomic E-state index is 0.0982. The monoisotopic (exact) mass is 449 g/mol. The van der Waals surface area contributed by atoms with Crippen molar-refractivity contribution in [2.24, 2.45) is 0 Å². The lowest BCUT2D eigenvalue weighted by molar-refractivity contribution is -0.140. The van der Waals surface area contributed by atoms with Gasteiger partial charge in [0.15, 0.2) is 0 Å². The first-order valence-electron chi connectivity index (χ1n) is 11.5. The zero-order valence-electron chi connectivity index (χ0n) is 18.6. The topological polar surface area (TPSA) is 85.3 Å². The number of Topliss-reactive ketones (excluding diaryl/α,β-unsaturated/α-hetero) is 1. The molecule has 2 aromatic rings. The van der Waals surface area contributed by atoms with Gasteiger partial charge in [-0.3, -0.25) is 9.59 Å². The second-order valence-corrected chi connectivity index (χ2v) is 8.51. The van der Waals surface area contributed by atoms with E-state index in [1.165, 1.54) is 4.90 Å². The molecule has 0 aromatic heterocycles. The molecule has 2 unspecified atom stereocenters. The van der Waals surface area contributed by atoms with Crippen molar-refractivity contribution in [3.63, 3.8) is 0 Å². The third-order valence-electron chi connectivity index (χ3n) is 6.43. The predicted octanol–water partition coefficient (Wildman–Crippen LogP) is 3.62. The Bertz CT molecular complexity index is 1100. The molecule has 1 N–H and O–H groups in total. The number of rotatable bonds is 6. The van der Waals surface area contributed by atoms with Crippen LogP contribution in [0.25, 0.3) is 5.76 Å². The van der Waals surface area contributed by atoms with Crippen LogP contribution in [0, 0.1) is 0 Å². The number of carbonyl (C=O) groups excluding carboxylic acids is 2. The molecule has 2 saturated heterocycles. The summed E-state index contributed by atoms with van der Waals surface area (Å²) in [6.45, 7) is 4.00. The number of benzene rings is 2. The average Bonchev–Trinajstić information content (AvgIpc) is 3.56. The fraction of sp³-hybridized carbons (Fsp3) is 0.385. The third-order valence-corrected chi connectivity index (χ3v) is 6.43. The van der Waals surface area contributed by atoms with E-state index >= 15 is 0 Å². The maximum absolute atomic E-state index is 13.2. The van der Waals surface area contributed by atoms with Crippen LogP contribution in [0.1, 0.15) is 42.5 Å². The summed E-state index contributed by atoms with van der Waals surface area (Å²) >= 11 is 0. The Hall–Kier alpha value is -3.32. The van der Waals surface area contributed by atoms with E-state index in [4.69, 9.17) is 14.2 Å². The van der Waals surface area contributed by atoms with Crippen LogP contribution in [0.5, 0.6) is 11.5 Å². The van der Waals surface area contributed by atoms with Gasteiger partial charge in [-0.25, -0.2) is 0 Å². The molecule has 0 bridgehead atoms.